The van der Waals surface area contributed by atoms with E-state index in [9.17, 15) is 0 Å². The largest absolute Gasteiger partial charge is 0.328 e. The summed E-state index contributed by atoms with van der Waals surface area (Å²) < 4.78 is 1.89. The van der Waals surface area contributed by atoms with Crippen molar-refractivity contribution in [3.8, 4) is 0 Å². The molecule has 0 saturated carbocycles. The number of nitrogens with zero attached hydrogens (tertiary/aromatic N) is 2. The van der Waals surface area contributed by atoms with Gasteiger partial charge in [-0.3, -0.25) is 4.68 Å². The van der Waals surface area contributed by atoms with Gasteiger partial charge in [-0.1, -0.05) is 29.4 Å². The molecule has 0 radical (unpaired) electrons. The van der Waals surface area contributed by atoms with E-state index in [1.807, 2.05) is 37.7 Å². The fourth-order valence-corrected chi connectivity index (χ4v) is 3.27. The van der Waals surface area contributed by atoms with Gasteiger partial charge >= 0.3 is 0 Å². The molecule has 2 N–H and O–H groups in total. The van der Waals surface area contributed by atoms with Crippen LogP contribution >= 0.6 is 23.4 Å². The highest BCUT2D eigenvalue weighted by atomic mass is 35.5. The third kappa shape index (κ3) is 3.75. The summed E-state index contributed by atoms with van der Waals surface area (Å²) in [7, 11) is 1.95. The summed E-state index contributed by atoms with van der Waals surface area (Å²) >= 11 is 7.78. The molecule has 102 valence electrons. The van der Waals surface area contributed by atoms with Gasteiger partial charge in [0.05, 0.1) is 10.7 Å². The van der Waals surface area contributed by atoms with Crippen LogP contribution in [-0.4, -0.2) is 15.8 Å². The molecule has 0 aliphatic carbocycles. The van der Waals surface area contributed by atoms with Gasteiger partial charge in [-0.05, 0) is 44.0 Å². The molecule has 2 aromatic rings. The number of benzene rings is 1. The molecule has 5 heteroatoms. The van der Waals surface area contributed by atoms with Crippen LogP contribution in [0.3, 0.4) is 0 Å². The summed E-state index contributed by atoms with van der Waals surface area (Å²) in [6, 6.07) is 8.16. The van der Waals surface area contributed by atoms with Crippen LogP contribution in [-0.2, 0) is 13.5 Å². The smallest absolute Gasteiger partial charge is 0.0987 e. The molecule has 1 heterocycles. The molecule has 0 saturated heterocycles. The molecule has 1 aromatic heterocycles. The minimum Gasteiger partial charge on any atom is -0.328 e. The van der Waals surface area contributed by atoms with Crippen LogP contribution in [0.1, 0.15) is 18.2 Å². The molecule has 2 rings (SSSR count). The maximum Gasteiger partial charge on any atom is 0.0987 e. The van der Waals surface area contributed by atoms with Crippen LogP contribution in [0.15, 0.2) is 34.2 Å². The standard InChI is InChI=1S/C14H18ClN3S/c1-9(16)6-11-4-5-12(15)8-13(11)19-14-7-10(2)17-18(14)3/h4-5,7-9H,6,16H2,1-3H3. The third-order valence-electron chi connectivity index (χ3n) is 2.74. The molecule has 0 amide bonds. The fourth-order valence-electron chi connectivity index (χ4n) is 1.93. The van der Waals surface area contributed by atoms with Crippen molar-refractivity contribution >= 4 is 23.4 Å². The first kappa shape index (κ1) is 14.4. The first-order valence-corrected chi connectivity index (χ1v) is 7.37. The van der Waals surface area contributed by atoms with Gasteiger partial charge in [-0.25, -0.2) is 0 Å². The van der Waals surface area contributed by atoms with Crippen LogP contribution in [0.25, 0.3) is 0 Å². The quantitative estimate of drug-likeness (QED) is 0.940. The predicted molar refractivity (Wildman–Crippen MR) is 80.9 cm³/mol. The summed E-state index contributed by atoms with van der Waals surface area (Å²) in [6.07, 6.45) is 0.844. The van der Waals surface area contributed by atoms with E-state index in [0.717, 1.165) is 27.1 Å². The van der Waals surface area contributed by atoms with Gasteiger partial charge in [0, 0.05) is 23.0 Å². The first-order valence-electron chi connectivity index (χ1n) is 6.18. The lowest BCUT2D eigenvalue weighted by Gasteiger charge is -2.11. The zero-order valence-electron chi connectivity index (χ0n) is 11.4. The van der Waals surface area contributed by atoms with Crippen molar-refractivity contribution in [1.29, 1.82) is 0 Å². The number of aryl methyl sites for hydroxylation is 2. The summed E-state index contributed by atoms with van der Waals surface area (Å²) in [5.74, 6) is 0. The van der Waals surface area contributed by atoms with Crippen molar-refractivity contribution in [3.05, 3.63) is 40.5 Å². The van der Waals surface area contributed by atoms with Crippen LogP contribution in [0.2, 0.25) is 5.02 Å². The topological polar surface area (TPSA) is 43.8 Å². The van der Waals surface area contributed by atoms with Crippen LogP contribution in [0, 0.1) is 6.92 Å². The van der Waals surface area contributed by atoms with Crippen LogP contribution < -0.4 is 5.73 Å². The number of halogens is 1. The Morgan fingerprint density at radius 1 is 1.42 bits per heavy atom. The Morgan fingerprint density at radius 3 is 2.74 bits per heavy atom. The molecule has 0 aliphatic heterocycles. The Hall–Kier alpha value is -0.970. The van der Waals surface area contributed by atoms with Crippen molar-refractivity contribution < 1.29 is 0 Å². The normalized spacial score (nSPS) is 12.7. The highest BCUT2D eigenvalue weighted by Gasteiger charge is 2.10. The van der Waals surface area contributed by atoms with E-state index in [-0.39, 0.29) is 6.04 Å². The molecule has 0 aliphatic rings. The Labute approximate surface area is 123 Å². The lowest BCUT2D eigenvalue weighted by Crippen LogP contribution is -2.18. The van der Waals surface area contributed by atoms with E-state index in [2.05, 4.69) is 17.2 Å². The fraction of sp³-hybridized carbons (Fsp3) is 0.357. The van der Waals surface area contributed by atoms with Crippen LogP contribution in [0.4, 0.5) is 0 Å². The van der Waals surface area contributed by atoms with Gasteiger partial charge < -0.3 is 5.73 Å². The summed E-state index contributed by atoms with van der Waals surface area (Å²) in [5.41, 5.74) is 8.14. The second kappa shape index (κ2) is 5.99. The number of hydrogen-bond acceptors (Lipinski definition) is 3. The predicted octanol–water partition coefficient (Wildman–Crippen LogP) is 3.42. The number of hydrogen-bond donors (Lipinski definition) is 1. The first-order chi connectivity index (χ1) is 8.95. The van der Waals surface area contributed by atoms with Gasteiger partial charge in [0.15, 0.2) is 0 Å². The molecule has 0 spiro atoms. The molecule has 0 fully saturated rings. The summed E-state index contributed by atoms with van der Waals surface area (Å²) in [5, 5.41) is 6.21. The van der Waals surface area contributed by atoms with Gasteiger partial charge in [-0.2, -0.15) is 5.10 Å². The number of rotatable bonds is 4. The minimum atomic E-state index is 0.133. The van der Waals surface area contributed by atoms with E-state index >= 15 is 0 Å². The average Bonchev–Trinajstić information content (AvgIpc) is 2.61. The molecule has 19 heavy (non-hydrogen) atoms. The number of aromatic nitrogens is 2. The minimum absolute atomic E-state index is 0.133. The highest BCUT2D eigenvalue weighted by molar-refractivity contribution is 7.99. The molecule has 1 unspecified atom stereocenters. The van der Waals surface area contributed by atoms with E-state index in [1.165, 1.54) is 5.56 Å². The van der Waals surface area contributed by atoms with Crippen molar-refractivity contribution in [2.24, 2.45) is 12.8 Å². The lowest BCUT2D eigenvalue weighted by molar-refractivity contribution is 0.691. The van der Waals surface area contributed by atoms with Crippen LogP contribution in [0.5, 0.6) is 0 Å². The zero-order chi connectivity index (χ0) is 14.0. The molecular weight excluding hydrogens is 278 g/mol. The molecule has 1 aromatic carbocycles. The lowest BCUT2D eigenvalue weighted by atomic mass is 10.1. The summed E-state index contributed by atoms with van der Waals surface area (Å²) in [4.78, 5) is 1.15. The van der Waals surface area contributed by atoms with Crippen molar-refractivity contribution in [3.63, 3.8) is 0 Å². The third-order valence-corrected chi connectivity index (χ3v) is 4.17. The van der Waals surface area contributed by atoms with Gasteiger partial charge in [0.25, 0.3) is 0 Å². The van der Waals surface area contributed by atoms with Crippen molar-refractivity contribution in [2.75, 3.05) is 0 Å². The highest BCUT2D eigenvalue weighted by Crippen LogP contribution is 2.33. The SMILES string of the molecule is Cc1cc(Sc2cc(Cl)ccc2CC(C)N)n(C)n1. The second-order valence-corrected chi connectivity index (χ2v) is 6.28. The Bertz CT molecular complexity index is 578. The number of nitrogens with two attached hydrogens (primary N) is 1. The molecule has 1 atom stereocenters. The molecule has 3 nitrogen and oxygen atoms in total. The maximum absolute atomic E-state index is 6.10. The van der Waals surface area contributed by atoms with E-state index in [4.69, 9.17) is 17.3 Å². The maximum atomic E-state index is 6.10. The van der Waals surface area contributed by atoms with Crippen molar-refractivity contribution in [1.82, 2.24) is 9.78 Å². The van der Waals surface area contributed by atoms with Gasteiger partial charge in [0.1, 0.15) is 0 Å². The van der Waals surface area contributed by atoms with E-state index in [1.54, 1.807) is 11.8 Å². The Balaban J connectivity index is 2.32. The second-order valence-electron chi connectivity index (χ2n) is 4.78. The zero-order valence-corrected chi connectivity index (χ0v) is 12.9. The van der Waals surface area contributed by atoms with E-state index < -0.39 is 0 Å². The van der Waals surface area contributed by atoms with Crippen molar-refractivity contribution in [2.45, 2.75) is 36.2 Å². The Kier molecular flexibility index (Phi) is 4.55. The average molecular weight is 296 g/mol. The Morgan fingerprint density at radius 2 is 2.16 bits per heavy atom. The van der Waals surface area contributed by atoms with Gasteiger partial charge in [-0.15, -0.1) is 0 Å². The molecule has 0 bridgehead atoms. The van der Waals surface area contributed by atoms with Gasteiger partial charge in [0.2, 0.25) is 0 Å². The summed E-state index contributed by atoms with van der Waals surface area (Å²) in [6.45, 7) is 4.00. The molecular formula is C14H18ClN3S. The monoisotopic (exact) mass is 295 g/mol. The van der Waals surface area contributed by atoms with E-state index in [0.29, 0.717) is 0 Å².